The average molecular weight is 598 g/mol. The molecule has 0 aliphatic heterocycles. The van der Waals surface area contributed by atoms with Crippen molar-refractivity contribution in [1.29, 1.82) is 10.5 Å². The fourth-order valence-electron chi connectivity index (χ4n) is 6.89. The van der Waals surface area contributed by atoms with Crippen LogP contribution in [0, 0.1) is 22.7 Å². The minimum absolute atomic E-state index is 0.589. The quantitative estimate of drug-likeness (QED) is 0.202. The van der Waals surface area contributed by atoms with Gasteiger partial charge in [0.15, 0.2) is 5.82 Å². The second kappa shape index (κ2) is 10.4. The first-order valence-electron chi connectivity index (χ1n) is 15.4. The third-order valence-electron chi connectivity index (χ3n) is 8.97. The van der Waals surface area contributed by atoms with Crippen molar-refractivity contribution < 1.29 is 0 Å². The molecular weight excluding hydrogens is 574 g/mol. The van der Waals surface area contributed by atoms with Gasteiger partial charge in [-0.3, -0.25) is 0 Å². The lowest BCUT2D eigenvalue weighted by atomic mass is 9.92. The molecule has 0 aliphatic carbocycles. The van der Waals surface area contributed by atoms with Gasteiger partial charge in [0.1, 0.15) is 0 Å². The molecule has 0 unspecified atom stereocenters. The number of aromatic nitrogens is 3. The second-order valence-electron chi connectivity index (χ2n) is 11.7. The molecule has 0 aliphatic rings. The summed E-state index contributed by atoms with van der Waals surface area (Å²) in [6.45, 7) is 0. The maximum absolute atomic E-state index is 9.78. The van der Waals surface area contributed by atoms with Gasteiger partial charge in [-0.2, -0.15) is 10.5 Å². The maximum atomic E-state index is 9.78. The van der Waals surface area contributed by atoms with Crippen molar-refractivity contribution in [2.45, 2.75) is 0 Å². The maximum Gasteiger partial charge on any atom is 0.160 e. The van der Waals surface area contributed by atoms with E-state index in [4.69, 9.17) is 9.97 Å². The van der Waals surface area contributed by atoms with Crippen molar-refractivity contribution in [3.8, 4) is 57.2 Å². The van der Waals surface area contributed by atoms with E-state index in [2.05, 4.69) is 52.9 Å². The summed E-state index contributed by atoms with van der Waals surface area (Å²) in [6.07, 6.45) is 0. The summed E-state index contributed by atoms with van der Waals surface area (Å²) in [7, 11) is 0. The van der Waals surface area contributed by atoms with Gasteiger partial charge in [-0.1, -0.05) is 103 Å². The fourth-order valence-corrected chi connectivity index (χ4v) is 6.89. The van der Waals surface area contributed by atoms with Crippen molar-refractivity contribution in [2.24, 2.45) is 0 Å². The standard InChI is InChI=1S/C42H23N5/c43-24-26-16-18-32-34-22-31(23-35-33-19-17-27(25-44)21-37(33)47(41(34)35)36(32)20-26)38-39(28-10-4-1-5-11-28)45-42(30-14-8-3-9-15-30)46-40(38)29-12-6-2-7-13-29/h1-23H. The van der Waals surface area contributed by atoms with Gasteiger partial charge >= 0.3 is 0 Å². The molecule has 0 atom stereocenters. The molecule has 3 heterocycles. The molecule has 5 heteroatoms. The highest BCUT2D eigenvalue weighted by Gasteiger charge is 2.24. The van der Waals surface area contributed by atoms with Crippen LogP contribution in [0.25, 0.3) is 83.1 Å². The molecule has 0 saturated carbocycles. The summed E-state index contributed by atoms with van der Waals surface area (Å²) in [5.74, 6) is 0.660. The van der Waals surface area contributed by atoms with Crippen LogP contribution in [-0.2, 0) is 0 Å². The third kappa shape index (κ3) is 4.08. The SMILES string of the molecule is N#Cc1ccc2c3cc(-c4c(-c5ccccc5)nc(-c5ccccc5)nc4-c4ccccc4)cc4c5ccc(C#N)cc5n(c2c1)c34. The summed E-state index contributed by atoms with van der Waals surface area (Å²) in [6, 6.07) is 51.5. The summed E-state index contributed by atoms with van der Waals surface area (Å²) in [5, 5.41) is 23.8. The molecule has 5 nitrogen and oxygen atoms in total. The van der Waals surface area contributed by atoms with Crippen LogP contribution in [0.1, 0.15) is 11.1 Å². The number of hydrogen-bond acceptors (Lipinski definition) is 4. The van der Waals surface area contributed by atoms with E-state index in [1.165, 1.54) is 0 Å². The van der Waals surface area contributed by atoms with Gasteiger partial charge < -0.3 is 4.40 Å². The summed E-state index contributed by atoms with van der Waals surface area (Å²) < 4.78 is 2.20. The number of benzene rings is 6. The third-order valence-corrected chi connectivity index (χ3v) is 8.97. The molecule has 0 bridgehead atoms. The highest BCUT2D eigenvalue weighted by atomic mass is 14.9. The Morgan fingerprint density at radius 3 is 1.34 bits per heavy atom. The minimum Gasteiger partial charge on any atom is -0.308 e. The molecular formula is C42H23N5. The number of fused-ring (bicyclic) bond motifs is 6. The molecule has 0 radical (unpaired) electrons. The van der Waals surface area contributed by atoms with Gasteiger partial charge in [-0.05, 0) is 42.0 Å². The molecule has 0 amide bonds. The Morgan fingerprint density at radius 2 is 0.894 bits per heavy atom. The van der Waals surface area contributed by atoms with E-state index in [0.29, 0.717) is 17.0 Å². The molecule has 9 rings (SSSR count). The van der Waals surface area contributed by atoms with Gasteiger partial charge in [0.25, 0.3) is 0 Å². The fraction of sp³-hybridized carbons (Fsp3) is 0. The predicted molar refractivity (Wildman–Crippen MR) is 188 cm³/mol. The monoisotopic (exact) mass is 597 g/mol. The van der Waals surface area contributed by atoms with Crippen molar-refractivity contribution >= 4 is 38.1 Å². The van der Waals surface area contributed by atoms with E-state index in [1.54, 1.807) is 0 Å². The molecule has 0 N–H and O–H groups in total. The molecule has 47 heavy (non-hydrogen) atoms. The lowest BCUT2D eigenvalue weighted by molar-refractivity contribution is 1.18. The Morgan fingerprint density at radius 1 is 0.447 bits per heavy atom. The molecule has 3 aromatic heterocycles. The predicted octanol–water partition coefficient (Wildman–Crippen LogP) is 10.0. The van der Waals surface area contributed by atoms with E-state index in [1.807, 2.05) is 103 Å². The first kappa shape index (κ1) is 26.6. The van der Waals surface area contributed by atoms with Crippen LogP contribution in [0.2, 0.25) is 0 Å². The van der Waals surface area contributed by atoms with Crippen LogP contribution < -0.4 is 0 Å². The van der Waals surface area contributed by atoms with Crippen LogP contribution in [0.15, 0.2) is 140 Å². The summed E-state index contributed by atoms with van der Waals surface area (Å²) in [4.78, 5) is 10.6. The normalized spacial score (nSPS) is 11.4. The molecule has 0 spiro atoms. The van der Waals surface area contributed by atoms with E-state index >= 15 is 0 Å². The highest BCUT2D eigenvalue weighted by molar-refractivity contribution is 6.25. The highest BCUT2D eigenvalue weighted by Crippen LogP contribution is 2.46. The smallest absolute Gasteiger partial charge is 0.160 e. The number of nitrogens with zero attached hydrogens (tertiary/aromatic N) is 5. The van der Waals surface area contributed by atoms with Gasteiger partial charge in [-0.25, -0.2) is 9.97 Å². The topological polar surface area (TPSA) is 77.8 Å². The van der Waals surface area contributed by atoms with E-state index in [9.17, 15) is 10.5 Å². The number of rotatable bonds is 4. The summed E-state index contributed by atoms with van der Waals surface area (Å²) >= 11 is 0. The summed E-state index contributed by atoms with van der Waals surface area (Å²) in [5.41, 5.74) is 10.7. The van der Waals surface area contributed by atoms with Crippen LogP contribution in [-0.4, -0.2) is 14.4 Å². The number of nitriles is 2. The zero-order chi connectivity index (χ0) is 31.5. The Labute approximate surface area is 270 Å². The van der Waals surface area contributed by atoms with E-state index in [-0.39, 0.29) is 0 Å². The Kier molecular flexibility index (Phi) is 5.87. The van der Waals surface area contributed by atoms with Crippen molar-refractivity contribution in [3.05, 3.63) is 151 Å². The van der Waals surface area contributed by atoms with Crippen LogP contribution >= 0.6 is 0 Å². The molecule has 0 fully saturated rings. The van der Waals surface area contributed by atoms with Crippen LogP contribution in [0.5, 0.6) is 0 Å². The van der Waals surface area contributed by atoms with Gasteiger partial charge in [0.05, 0.1) is 51.2 Å². The molecule has 6 aromatic carbocycles. The zero-order valence-electron chi connectivity index (χ0n) is 25.0. The van der Waals surface area contributed by atoms with Gasteiger partial charge in [0, 0.05) is 43.8 Å². The molecule has 0 saturated heterocycles. The van der Waals surface area contributed by atoms with E-state index in [0.717, 1.165) is 77.3 Å². The van der Waals surface area contributed by atoms with Gasteiger partial charge in [-0.15, -0.1) is 0 Å². The number of hydrogen-bond donors (Lipinski definition) is 0. The van der Waals surface area contributed by atoms with E-state index < -0.39 is 0 Å². The zero-order valence-corrected chi connectivity index (χ0v) is 25.0. The lowest BCUT2D eigenvalue weighted by Gasteiger charge is -2.17. The van der Waals surface area contributed by atoms with Crippen LogP contribution in [0.3, 0.4) is 0 Å². The average Bonchev–Trinajstić information content (AvgIpc) is 3.66. The first-order valence-corrected chi connectivity index (χ1v) is 15.4. The van der Waals surface area contributed by atoms with Gasteiger partial charge in [0.2, 0.25) is 0 Å². The Hall–Kier alpha value is -6.82. The lowest BCUT2D eigenvalue weighted by Crippen LogP contribution is -2.00. The molecule has 9 aromatic rings. The minimum atomic E-state index is 0.589. The van der Waals surface area contributed by atoms with Crippen LogP contribution in [0.4, 0.5) is 0 Å². The van der Waals surface area contributed by atoms with Crippen molar-refractivity contribution in [1.82, 2.24) is 14.4 Å². The Bertz CT molecular complexity index is 2570. The molecule has 216 valence electrons. The second-order valence-corrected chi connectivity index (χ2v) is 11.7. The van der Waals surface area contributed by atoms with Crippen molar-refractivity contribution in [2.75, 3.05) is 0 Å². The largest absolute Gasteiger partial charge is 0.308 e. The van der Waals surface area contributed by atoms with Crippen molar-refractivity contribution in [3.63, 3.8) is 0 Å². The Balaban J connectivity index is 1.46. The first-order chi connectivity index (χ1) is 23.2.